The number of carbonyl (C=O) groups excluding carboxylic acids is 2. The number of nitro benzene ring substituents is 1. The molecule has 0 spiro atoms. The third kappa shape index (κ3) is 7.16. The number of hydrogen-bond acceptors (Lipinski definition) is 6. The van der Waals surface area contributed by atoms with E-state index in [0.29, 0.717) is 12.0 Å². The molecule has 1 atom stereocenters. The van der Waals surface area contributed by atoms with Gasteiger partial charge < -0.3 is 19.7 Å². The van der Waals surface area contributed by atoms with Crippen LogP contribution in [0.25, 0.3) is 0 Å². The number of nitrogens with zero attached hydrogens (tertiary/aromatic N) is 2. The predicted octanol–water partition coefficient (Wildman–Crippen LogP) is 3.45. The lowest BCUT2D eigenvalue weighted by atomic mass is 10.1. The molecule has 0 unspecified atom stereocenters. The second kappa shape index (κ2) is 11.8. The Balaban J connectivity index is 2.24. The minimum Gasteiger partial charge on any atom is -0.490 e. The van der Waals surface area contributed by atoms with Gasteiger partial charge in [0.2, 0.25) is 11.7 Å². The first kappa shape index (κ1) is 25.6. The van der Waals surface area contributed by atoms with E-state index in [2.05, 4.69) is 5.32 Å². The Morgan fingerprint density at radius 2 is 1.85 bits per heavy atom. The summed E-state index contributed by atoms with van der Waals surface area (Å²) in [5.74, 6) is -0.984. The van der Waals surface area contributed by atoms with Crippen molar-refractivity contribution in [3.8, 4) is 11.5 Å². The second-order valence-corrected chi connectivity index (χ2v) is 7.61. The monoisotopic (exact) mass is 461 g/mol. The smallest absolute Gasteiger partial charge is 0.311 e. The van der Waals surface area contributed by atoms with Crippen LogP contribution in [0.2, 0.25) is 0 Å². The number of benzene rings is 2. The Hall–Kier alpha value is -3.69. The predicted molar refractivity (Wildman–Crippen MR) is 119 cm³/mol. The average Bonchev–Trinajstić information content (AvgIpc) is 2.77. The molecule has 0 radical (unpaired) electrons. The van der Waals surface area contributed by atoms with E-state index >= 15 is 0 Å². The van der Waals surface area contributed by atoms with E-state index in [9.17, 15) is 24.1 Å². The van der Waals surface area contributed by atoms with Gasteiger partial charge in [-0.25, -0.2) is 4.39 Å². The minimum absolute atomic E-state index is 0.00383. The summed E-state index contributed by atoms with van der Waals surface area (Å²) in [4.78, 5) is 37.7. The van der Waals surface area contributed by atoms with Crippen LogP contribution in [0.1, 0.15) is 32.8 Å². The van der Waals surface area contributed by atoms with Crippen molar-refractivity contribution in [2.75, 3.05) is 13.7 Å². The summed E-state index contributed by atoms with van der Waals surface area (Å²) in [7, 11) is 1.29. The quantitative estimate of drug-likeness (QED) is 0.405. The molecule has 0 aromatic heterocycles. The van der Waals surface area contributed by atoms with Crippen molar-refractivity contribution in [1.29, 1.82) is 0 Å². The first-order chi connectivity index (χ1) is 15.7. The van der Waals surface area contributed by atoms with Gasteiger partial charge in [-0.3, -0.25) is 19.7 Å². The van der Waals surface area contributed by atoms with Crippen molar-refractivity contribution in [2.24, 2.45) is 0 Å². The van der Waals surface area contributed by atoms with Crippen molar-refractivity contribution >= 4 is 17.5 Å². The van der Waals surface area contributed by atoms with E-state index in [1.54, 1.807) is 19.1 Å². The van der Waals surface area contributed by atoms with Crippen LogP contribution in [-0.4, -0.2) is 47.4 Å². The molecule has 2 rings (SSSR count). The largest absolute Gasteiger partial charge is 0.490 e. The molecule has 2 aromatic carbocycles. The standard InChI is InChI=1S/C23H28FN3O6/c1-5-19(23(29)25-15(2)3)26(13-16-6-8-17(24)9-7-16)22(28)14-33-18-10-11-20(27(30)31)21(12-18)32-4/h6-12,15,19H,5,13-14H2,1-4H3,(H,25,29)/t19-/m1/s1. The molecule has 0 aliphatic rings. The van der Waals surface area contributed by atoms with E-state index in [1.165, 1.54) is 42.3 Å². The van der Waals surface area contributed by atoms with E-state index in [-0.39, 0.29) is 35.7 Å². The Morgan fingerprint density at radius 1 is 1.18 bits per heavy atom. The molecular weight excluding hydrogens is 433 g/mol. The molecule has 33 heavy (non-hydrogen) atoms. The molecule has 0 heterocycles. The topological polar surface area (TPSA) is 111 Å². The molecule has 9 nitrogen and oxygen atoms in total. The Morgan fingerprint density at radius 3 is 2.39 bits per heavy atom. The summed E-state index contributed by atoms with van der Waals surface area (Å²) in [6.07, 6.45) is 0.358. The van der Waals surface area contributed by atoms with Crippen LogP contribution in [-0.2, 0) is 16.1 Å². The summed E-state index contributed by atoms with van der Waals surface area (Å²) < 4.78 is 23.9. The van der Waals surface area contributed by atoms with E-state index in [4.69, 9.17) is 9.47 Å². The summed E-state index contributed by atoms with van der Waals surface area (Å²) in [5, 5.41) is 13.9. The number of carbonyl (C=O) groups is 2. The molecule has 0 aliphatic carbocycles. The van der Waals surface area contributed by atoms with Crippen LogP contribution in [0.4, 0.5) is 10.1 Å². The number of amides is 2. The average molecular weight is 461 g/mol. The number of halogens is 1. The van der Waals surface area contributed by atoms with Gasteiger partial charge in [-0.2, -0.15) is 0 Å². The lowest BCUT2D eigenvalue weighted by molar-refractivity contribution is -0.385. The zero-order chi connectivity index (χ0) is 24.5. The maximum Gasteiger partial charge on any atom is 0.311 e. The third-order valence-electron chi connectivity index (χ3n) is 4.79. The number of rotatable bonds is 11. The molecule has 0 saturated carbocycles. The van der Waals surface area contributed by atoms with E-state index < -0.39 is 29.3 Å². The molecule has 0 bridgehead atoms. The van der Waals surface area contributed by atoms with Gasteiger partial charge in [0.25, 0.3) is 5.91 Å². The zero-order valence-electron chi connectivity index (χ0n) is 19.0. The fourth-order valence-electron chi connectivity index (χ4n) is 3.21. The molecule has 2 aromatic rings. The fourth-order valence-corrected chi connectivity index (χ4v) is 3.21. The number of hydrogen-bond donors (Lipinski definition) is 1. The highest BCUT2D eigenvalue weighted by Gasteiger charge is 2.29. The molecule has 0 saturated heterocycles. The number of ether oxygens (including phenoxy) is 2. The summed E-state index contributed by atoms with van der Waals surface area (Å²) >= 11 is 0. The van der Waals surface area contributed by atoms with Gasteiger partial charge >= 0.3 is 5.69 Å². The molecule has 10 heteroatoms. The van der Waals surface area contributed by atoms with Crippen molar-refractivity contribution in [1.82, 2.24) is 10.2 Å². The van der Waals surface area contributed by atoms with Gasteiger partial charge in [-0.1, -0.05) is 19.1 Å². The lowest BCUT2D eigenvalue weighted by Crippen LogP contribution is -2.51. The molecule has 0 fully saturated rings. The highest BCUT2D eigenvalue weighted by Crippen LogP contribution is 2.30. The van der Waals surface area contributed by atoms with Crippen LogP contribution in [0.5, 0.6) is 11.5 Å². The maximum absolute atomic E-state index is 13.3. The van der Waals surface area contributed by atoms with Gasteiger partial charge in [-0.15, -0.1) is 0 Å². The Labute approximate surface area is 191 Å². The zero-order valence-corrected chi connectivity index (χ0v) is 19.0. The Bertz CT molecular complexity index is 981. The first-order valence-electron chi connectivity index (χ1n) is 10.5. The third-order valence-corrected chi connectivity index (χ3v) is 4.79. The molecule has 2 amide bonds. The highest BCUT2D eigenvalue weighted by atomic mass is 19.1. The molecule has 1 N–H and O–H groups in total. The van der Waals surface area contributed by atoms with Crippen molar-refractivity contribution < 1.29 is 28.4 Å². The molecule has 0 aliphatic heterocycles. The van der Waals surface area contributed by atoms with Gasteiger partial charge in [-0.05, 0) is 44.0 Å². The van der Waals surface area contributed by atoms with Gasteiger partial charge in [0, 0.05) is 24.7 Å². The summed E-state index contributed by atoms with van der Waals surface area (Å²) in [6.45, 7) is 5.10. The maximum atomic E-state index is 13.3. The van der Waals surface area contributed by atoms with Crippen molar-refractivity contribution in [3.05, 3.63) is 64.0 Å². The summed E-state index contributed by atoms with van der Waals surface area (Å²) in [6, 6.07) is 8.69. The second-order valence-electron chi connectivity index (χ2n) is 7.61. The summed E-state index contributed by atoms with van der Waals surface area (Å²) in [5.41, 5.74) is 0.420. The van der Waals surface area contributed by atoms with E-state index in [1.807, 2.05) is 13.8 Å². The van der Waals surface area contributed by atoms with Crippen LogP contribution in [0, 0.1) is 15.9 Å². The first-order valence-corrected chi connectivity index (χ1v) is 10.5. The van der Waals surface area contributed by atoms with Crippen LogP contribution >= 0.6 is 0 Å². The van der Waals surface area contributed by atoms with Crippen LogP contribution in [0.15, 0.2) is 42.5 Å². The van der Waals surface area contributed by atoms with E-state index in [0.717, 1.165) is 0 Å². The highest BCUT2D eigenvalue weighted by molar-refractivity contribution is 5.88. The van der Waals surface area contributed by atoms with Gasteiger partial charge in [0.15, 0.2) is 6.61 Å². The van der Waals surface area contributed by atoms with Crippen LogP contribution < -0.4 is 14.8 Å². The number of nitrogens with one attached hydrogen (secondary N) is 1. The van der Waals surface area contributed by atoms with Crippen LogP contribution in [0.3, 0.4) is 0 Å². The normalized spacial score (nSPS) is 11.6. The SMILES string of the molecule is CC[C@H](C(=O)NC(C)C)N(Cc1ccc(F)cc1)C(=O)COc1ccc([N+](=O)[O-])c(OC)c1. The van der Waals surface area contributed by atoms with Crippen molar-refractivity contribution in [2.45, 2.75) is 45.8 Å². The number of nitro groups is 1. The Kier molecular flexibility index (Phi) is 9.14. The van der Waals surface area contributed by atoms with Gasteiger partial charge in [0.1, 0.15) is 17.6 Å². The minimum atomic E-state index is -0.764. The molecular formula is C23H28FN3O6. The molecule has 178 valence electrons. The fraction of sp³-hybridized carbons (Fsp3) is 0.391. The van der Waals surface area contributed by atoms with Crippen molar-refractivity contribution in [3.63, 3.8) is 0 Å². The van der Waals surface area contributed by atoms with Gasteiger partial charge in [0.05, 0.1) is 12.0 Å². The number of methoxy groups -OCH3 is 1. The lowest BCUT2D eigenvalue weighted by Gasteiger charge is -2.31.